The highest BCUT2D eigenvalue weighted by atomic mass is 16.3. The molecule has 2 N–H and O–H groups in total. The van der Waals surface area contributed by atoms with Gasteiger partial charge in [0.1, 0.15) is 0 Å². The van der Waals surface area contributed by atoms with E-state index in [2.05, 4.69) is 25.2 Å². The molecule has 1 fully saturated rings. The van der Waals surface area contributed by atoms with Crippen LogP contribution in [0, 0.1) is 0 Å². The maximum absolute atomic E-state index is 8.86. The number of nitrogens with zero attached hydrogens (tertiary/aromatic N) is 5. The van der Waals surface area contributed by atoms with E-state index in [1.165, 1.54) is 19.3 Å². The lowest BCUT2D eigenvalue weighted by atomic mass is 10.1. The lowest BCUT2D eigenvalue weighted by Crippen LogP contribution is -2.33. The molecule has 2 unspecified atom stereocenters. The molecule has 7 nitrogen and oxygen atoms in total. The zero-order valence-electron chi connectivity index (χ0n) is 11.4. The van der Waals surface area contributed by atoms with E-state index >= 15 is 0 Å². The van der Waals surface area contributed by atoms with E-state index in [1.807, 2.05) is 24.9 Å². The van der Waals surface area contributed by atoms with E-state index in [1.54, 1.807) is 4.68 Å². The lowest BCUT2D eigenvalue weighted by molar-refractivity contribution is 0.268. The Morgan fingerprint density at radius 3 is 3.15 bits per heavy atom. The molecule has 7 heteroatoms. The summed E-state index contributed by atoms with van der Waals surface area (Å²) < 4.78 is 3.85. The maximum Gasteiger partial charge on any atom is 0.0964 e. The number of hydrogen-bond acceptors (Lipinski definition) is 5. The third-order valence-corrected chi connectivity index (χ3v) is 3.85. The van der Waals surface area contributed by atoms with E-state index in [9.17, 15) is 0 Å². The van der Waals surface area contributed by atoms with Crippen molar-refractivity contribution < 1.29 is 5.11 Å². The quantitative estimate of drug-likeness (QED) is 0.796. The molecule has 0 bridgehead atoms. The molecule has 0 aromatic carbocycles. The van der Waals surface area contributed by atoms with Crippen molar-refractivity contribution in [3.8, 4) is 0 Å². The molecule has 2 heterocycles. The summed E-state index contributed by atoms with van der Waals surface area (Å²) >= 11 is 0. The fourth-order valence-corrected chi connectivity index (χ4v) is 2.87. The van der Waals surface area contributed by atoms with Crippen LogP contribution in [0.3, 0.4) is 0 Å². The Bertz CT molecular complexity index is 523. The van der Waals surface area contributed by atoms with Crippen LogP contribution in [-0.4, -0.2) is 42.3 Å². The zero-order chi connectivity index (χ0) is 13.8. The van der Waals surface area contributed by atoms with Crippen LogP contribution in [0.15, 0.2) is 24.9 Å². The Morgan fingerprint density at radius 2 is 2.35 bits per heavy atom. The van der Waals surface area contributed by atoms with Gasteiger partial charge in [0.05, 0.1) is 25.2 Å². The maximum atomic E-state index is 8.86. The van der Waals surface area contributed by atoms with E-state index in [0.29, 0.717) is 25.2 Å². The molecule has 1 aliphatic carbocycles. The monoisotopic (exact) mass is 276 g/mol. The van der Waals surface area contributed by atoms with Gasteiger partial charge in [-0.2, -0.15) is 0 Å². The number of aliphatic hydroxyl groups excluding tert-OH is 1. The summed E-state index contributed by atoms with van der Waals surface area (Å²) in [5, 5.41) is 20.5. The predicted octanol–water partition coefficient (Wildman–Crippen LogP) is 0.350. The van der Waals surface area contributed by atoms with Gasteiger partial charge in [0.25, 0.3) is 0 Å². The van der Waals surface area contributed by atoms with Crippen LogP contribution in [0.5, 0.6) is 0 Å². The molecule has 0 amide bonds. The Kier molecular flexibility index (Phi) is 4.08. The largest absolute Gasteiger partial charge is 0.394 e. The highest BCUT2D eigenvalue weighted by Crippen LogP contribution is 2.29. The average molecular weight is 276 g/mol. The zero-order valence-corrected chi connectivity index (χ0v) is 11.4. The van der Waals surface area contributed by atoms with Gasteiger partial charge in [-0.15, -0.1) is 5.10 Å². The second kappa shape index (κ2) is 6.15. The summed E-state index contributed by atoms with van der Waals surface area (Å²) in [6, 6.07) is 0.928. The van der Waals surface area contributed by atoms with Crippen molar-refractivity contribution in [3.05, 3.63) is 30.6 Å². The molecule has 0 spiro atoms. The molecule has 2 atom stereocenters. The molecule has 20 heavy (non-hydrogen) atoms. The standard InChI is InChI=1S/C13H20N6O/c20-7-6-19-9-11(16-17-19)8-15-12-2-1-3-13(12)18-5-4-14-10-18/h4-5,9-10,12-13,15,20H,1-3,6-8H2. The number of nitrogens with one attached hydrogen (secondary N) is 1. The second-order valence-electron chi connectivity index (χ2n) is 5.19. The van der Waals surface area contributed by atoms with E-state index in [0.717, 1.165) is 5.69 Å². The molecular formula is C13H20N6O. The molecule has 2 aromatic heterocycles. The molecule has 2 aromatic rings. The summed E-state index contributed by atoms with van der Waals surface area (Å²) in [6.45, 7) is 1.29. The normalized spacial score (nSPS) is 22.4. The van der Waals surface area contributed by atoms with Crippen molar-refractivity contribution in [1.82, 2.24) is 29.9 Å². The summed E-state index contributed by atoms with van der Waals surface area (Å²) in [6.07, 6.45) is 11.2. The molecule has 1 saturated carbocycles. The van der Waals surface area contributed by atoms with Crippen molar-refractivity contribution in [2.75, 3.05) is 6.61 Å². The van der Waals surface area contributed by atoms with E-state index in [4.69, 9.17) is 5.11 Å². The minimum Gasteiger partial charge on any atom is -0.394 e. The topological polar surface area (TPSA) is 80.8 Å². The molecule has 3 rings (SSSR count). The van der Waals surface area contributed by atoms with Gasteiger partial charge < -0.3 is 15.0 Å². The minimum absolute atomic E-state index is 0.0849. The predicted molar refractivity (Wildman–Crippen MR) is 72.9 cm³/mol. The lowest BCUT2D eigenvalue weighted by Gasteiger charge is -2.21. The van der Waals surface area contributed by atoms with Gasteiger partial charge >= 0.3 is 0 Å². The number of aliphatic hydroxyl groups is 1. The SMILES string of the molecule is OCCn1cc(CNC2CCCC2n2ccnc2)nn1. The van der Waals surface area contributed by atoms with Crippen LogP contribution in [0.4, 0.5) is 0 Å². The van der Waals surface area contributed by atoms with Crippen LogP contribution in [0.1, 0.15) is 31.0 Å². The Hall–Kier alpha value is -1.73. The van der Waals surface area contributed by atoms with E-state index in [-0.39, 0.29) is 6.61 Å². The molecule has 0 saturated heterocycles. The highest BCUT2D eigenvalue weighted by molar-refractivity contribution is 4.96. The first-order chi connectivity index (χ1) is 9.86. The van der Waals surface area contributed by atoms with Gasteiger partial charge in [-0.25, -0.2) is 9.67 Å². The van der Waals surface area contributed by atoms with Gasteiger partial charge in [0.2, 0.25) is 0 Å². The van der Waals surface area contributed by atoms with Crippen LogP contribution in [0.2, 0.25) is 0 Å². The number of imidazole rings is 1. The van der Waals surface area contributed by atoms with Gasteiger partial charge in [-0.1, -0.05) is 5.21 Å². The molecule has 0 aliphatic heterocycles. The van der Waals surface area contributed by atoms with Crippen LogP contribution >= 0.6 is 0 Å². The van der Waals surface area contributed by atoms with Crippen LogP contribution < -0.4 is 5.32 Å². The van der Waals surface area contributed by atoms with Gasteiger partial charge in [0, 0.05) is 37.2 Å². The molecule has 0 radical (unpaired) electrons. The first-order valence-corrected chi connectivity index (χ1v) is 7.07. The van der Waals surface area contributed by atoms with Crippen molar-refractivity contribution in [2.24, 2.45) is 0 Å². The van der Waals surface area contributed by atoms with Gasteiger partial charge in [0.15, 0.2) is 0 Å². The molecular weight excluding hydrogens is 256 g/mol. The Morgan fingerprint density at radius 1 is 1.40 bits per heavy atom. The average Bonchev–Trinajstić information content (AvgIpc) is 3.18. The highest BCUT2D eigenvalue weighted by Gasteiger charge is 2.27. The van der Waals surface area contributed by atoms with Crippen LogP contribution in [0.25, 0.3) is 0 Å². The number of aromatic nitrogens is 5. The van der Waals surface area contributed by atoms with Crippen molar-refractivity contribution >= 4 is 0 Å². The summed E-state index contributed by atoms with van der Waals surface area (Å²) in [7, 11) is 0. The first kappa shape index (κ1) is 13.3. The summed E-state index contributed by atoms with van der Waals surface area (Å²) in [4.78, 5) is 4.13. The minimum atomic E-state index is 0.0849. The Balaban J connectivity index is 1.57. The number of hydrogen-bond donors (Lipinski definition) is 2. The third-order valence-electron chi connectivity index (χ3n) is 3.85. The van der Waals surface area contributed by atoms with Crippen molar-refractivity contribution in [2.45, 2.75) is 44.4 Å². The molecule has 1 aliphatic rings. The fourth-order valence-electron chi connectivity index (χ4n) is 2.87. The third kappa shape index (κ3) is 2.88. The fraction of sp³-hybridized carbons (Fsp3) is 0.615. The van der Waals surface area contributed by atoms with Crippen molar-refractivity contribution in [1.29, 1.82) is 0 Å². The second-order valence-corrected chi connectivity index (χ2v) is 5.19. The summed E-state index contributed by atoms with van der Waals surface area (Å²) in [5.41, 5.74) is 0.912. The first-order valence-electron chi connectivity index (χ1n) is 7.07. The van der Waals surface area contributed by atoms with E-state index < -0.39 is 0 Å². The smallest absolute Gasteiger partial charge is 0.0964 e. The molecule has 108 valence electrons. The Labute approximate surface area is 117 Å². The summed E-state index contributed by atoms with van der Waals surface area (Å²) in [5.74, 6) is 0. The number of rotatable bonds is 6. The van der Waals surface area contributed by atoms with Crippen LogP contribution in [-0.2, 0) is 13.1 Å². The van der Waals surface area contributed by atoms with Gasteiger partial charge in [-0.3, -0.25) is 0 Å². The van der Waals surface area contributed by atoms with Gasteiger partial charge in [-0.05, 0) is 19.3 Å². The van der Waals surface area contributed by atoms with Crippen molar-refractivity contribution in [3.63, 3.8) is 0 Å².